The molecule has 0 saturated carbocycles. The summed E-state index contributed by atoms with van der Waals surface area (Å²) in [6.45, 7) is 5.84. The van der Waals surface area contributed by atoms with Gasteiger partial charge >= 0.3 is 0 Å². The predicted octanol–water partition coefficient (Wildman–Crippen LogP) is 2.62. The van der Waals surface area contributed by atoms with Crippen LogP contribution in [-0.4, -0.2) is 16.7 Å². The summed E-state index contributed by atoms with van der Waals surface area (Å²) < 4.78 is 18.2. The highest BCUT2D eigenvalue weighted by molar-refractivity contribution is 5.55. The van der Waals surface area contributed by atoms with E-state index in [1.165, 1.54) is 6.07 Å². The van der Waals surface area contributed by atoms with Crippen molar-refractivity contribution < 1.29 is 8.91 Å². The van der Waals surface area contributed by atoms with Gasteiger partial charge in [-0.1, -0.05) is 19.0 Å². The molecule has 0 fully saturated rings. The van der Waals surface area contributed by atoms with Crippen LogP contribution in [0.4, 0.5) is 4.39 Å². The molecule has 0 saturated heterocycles. The van der Waals surface area contributed by atoms with Gasteiger partial charge in [-0.25, -0.2) is 4.39 Å². The van der Waals surface area contributed by atoms with Gasteiger partial charge in [0, 0.05) is 24.4 Å². The third-order valence-electron chi connectivity index (χ3n) is 2.41. The minimum absolute atomic E-state index is 0.386. The average Bonchev–Trinajstić information content (AvgIpc) is 2.77. The standard InChI is InChI=1S/C13H16FN3O/c1-9(2)5-15-8-12-4-13(18-17-12)10-3-11(14)7-16-6-10/h3-4,6-7,9,15H,5,8H2,1-2H3. The van der Waals surface area contributed by atoms with Crippen LogP contribution in [0.2, 0.25) is 0 Å². The van der Waals surface area contributed by atoms with Crippen LogP contribution in [0.15, 0.2) is 29.0 Å². The summed E-state index contributed by atoms with van der Waals surface area (Å²) in [4.78, 5) is 3.78. The van der Waals surface area contributed by atoms with Crippen molar-refractivity contribution in [2.75, 3.05) is 6.54 Å². The number of nitrogens with one attached hydrogen (secondary N) is 1. The second-order valence-corrected chi connectivity index (χ2v) is 4.60. The zero-order valence-corrected chi connectivity index (χ0v) is 10.5. The Hall–Kier alpha value is -1.75. The Bertz CT molecular complexity index is 510. The quantitative estimate of drug-likeness (QED) is 0.885. The summed E-state index contributed by atoms with van der Waals surface area (Å²) >= 11 is 0. The first-order valence-corrected chi connectivity index (χ1v) is 5.92. The van der Waals surface area contributed by atoms with Gasteiger partial charge in [0.1, 0.15) is 5.82 Å². The first-order chi connectivity index (χ1) is 8.65. The summed E-state index contributed by atoms with van der Waals surface area (Å²) in [7, 11) is 0. The summed E-state index contributed by atoms with van der Waals surface area (Å²) in [5.41, 5.74) is 1.40. The van der Waals surface area contributed by atoms with E-state index in [0.717, 1.165) is 18.4 Å². The van der Waals surface area contributed by atoms with E-state index in [1.54, 1.807) is 12.3 Å². The third-order valence-corrected chi connectivity index (χ3v) is 2.41. The monoisotopic (exact) mass is 249 g/mol. The van der Waals surface area contributed by atoms with E-state index in [0.29, 0.717) is 23.8 Å². The van der Waals surface area contributed by atoms with Crippen LogP contribution < -0.4 is 5.32 Å². The highest BCUT2D eigenvalue weighted by atomic mass is 19.1. The molecule has 2 aromatic rings. The zero-order chi connectivity index (χ0) is 13.0. The minimum atomic E-state index is -0.386. The second-order valence-electron chi connectivity index (χ2n) is 4.60. The average molecular weight is 249 g/mol. The predicted molar refractivity (Wildman–Crippen MR) is 66.2 cm³/mol. The van der Waals surface area contributed by atoms with Gasteiger partial charge in [0.2, 0.25) is 0 Å². The van der Waals surface area contributed by atoms with Crippen molar-refractivity contribution in [3.05, 3.63) is 36.0 Å². The number of nitrogens with zero attached hydrogens (tertiary/aromatic N) is 2. The van der Waals surface area contributed by atoms with E-state index in [-0.39, 0.29) is 5.82 Å². The molecule has 2 aromatic heterocycles. The zero-order valence-electron chi connectivity index (χ0n) is 10.5. The van der Waals surface area contributed by atoms with E-state index >= 15 is 0 Å². The molecule has 96 valence electrons. The van der Waals surface area contributed by atoms with Crippen molar-refractivity contribution in [2.45, 2.75) is 20.4 Å². The first-order valence-electron chi connectivity index (χ1n) is 5.92. The molecule has 4 nitrogen and oxygen atoms in total. The SMILES string of the molecule is CC(C)CNCc1cc(-c2cncc(F)c2)on1. The molecule has 0 aliphatic rings. The molecule has 0 radical (unpaired) electrons. The normalized spacial score (nSPS) is 11.1. The fraction of sp³-hybridized carbons (Fsp3) is 0.385. The van der Waals surface area contributed by atoms with Gasteiger partial charge < -0.3 is 9.84 Å². The van der Waals surface area contributed by atoms with Crippen molar-refractivity contribution in [2.24, 2.45) is 5.92 Å². The lowest BCUT2D eigenvalue weighted by Gasteiger charge is -2.04. The Morgan fingerprint density at radius 1 is 1.33 bits per heavy atom. The van der Waals surface area contributed by atoms with Crippen molar-refractivity contribution in [1.29, 1.82) is 0 Å². The van der Waals surface area contributed by atoms with E-state index in [4.69, 9.17) is 4.52 Å². The largest absolute Gasteiger partial charge is 0.356 e. The summed E-state index contributed by atoms with van der Waals surface area (Å²) in [6.07, 6.45) is 2.71. The van der Waals surface area contributed by atoms with Crippen LogP contribution in [0.5, 0.6) is 0 Å². The van der Waals surface area contributed by atoms with Crippen LogP contribution in [0.1, 0.15) is 19.5 Å². The maximum Gasteiger partial charge on any atom is 0.168 e. The number of hydrogen-bond donors (Lipinski definition) is 1. The lowest BCUT2D eigenvalue weighted by molar-refractivity contribution is 0.417. The number of aromatic nitrogens is 2. The molecular weight excluding hydrogens is 233 g/mol. The van der Waals surface area contributed by atoms with E-state index in [9.17, 15) is 4.39 Å². The second kappa shape index (κ2) is 5.73. The van der Waals surface area contributed by atoms with Gasteiger partial charge in [-0.15, -0.1) is 0 Å². The molecule has 0 atom stereocenters. The minimum Gasteiger partial charge on any atom is -0.356 e. The molecule has 1 N–H and O–H groups in total. The third kappa shape index (κ3) is 3.37. The molecule has 0 bridgehead atoms. The Morgan fingerprint density at radius 2 is 2.17 bits per heavy atom. The van der Waals surface area contributed by atoms with Crippen LogP contribution in [-0.2, 0) is 6.54 Å². The molecule has 18 heavy (non-hydrogen) atoms. The molecule has 0 aliphatic heterocycles. The Labute approximate surface area is 105 Å². The van der Waals surface area contributed by atoms with Gasteiger partial charge in [0.25, 0.3) is 0 Å². The highest BCUT2D eigenvalue weighted by Gasteiger charge is 2.07. The number of rotatable bonds is 5. The molecule has 2 rings (SSSR count). The smallest absolute Gasteiger partial charge is 0.168 e. The highest BCUT2D eigenvalue weighted by Crippen LogP contribution is 2.19. The molecule has 2 heterocycles. The Kier molecular flexibility index (Phi) is 4.04. The number of halogens is 1. The molecule has 0 aliphatic carbocycles. The van der Waals surface area contributed by atoms with Crippen molar-refractivity contribution in [1.82, 2.24) is 15.5 Å². The fourth-order valence-corrected chi connectivity index (χ4v) is 1.57. The van der Waals surface area contributed by atoms with Crippen LogP contribution in [0, 0.1) is 11.7 Å². The van der Waals surface area contributed by atoms with Crippen molar-refractivity contribution >= 4 is 0 Å². The molecule has 0 unspecified atom stereocenters. The fourth-order valence-electron chi connectivity index (χ4n) is 1.57. The van der Waals surface area contributed by atoms with Crippen molar-refractivity contribution in [3.63, 3.8) is 0 Å². The van der Waals surface area contributed by atoms with Crippen molar-refractivity contribution in [3.8, 4) is 11.3 Å². The molecule has 5 heteroatoms. The lowest BCUT2D eigenvalue weighted by atomic mass is 10.2. The molecule has 0 amide bonds. The van der Waals surface area contributed by atoms with Gasteiger partial charge in [0.15, 0.2) is 5.76 Å². The Morgan fingerprint density at radius 3 is 2.89 bits per heavy atom. The van der Waals surface area contributed by atoms with Gasteiger partial charge in [-0.05, 0) is 18.5 Å². The maximum atomic E-state index is 13.0. The van der Waals surface area contributed by atoms with Gasteiger partial charge in [-0.3, -0.25) is 4.98 Å². The number of hydrogen-bond acceptors (Lipinski definition) is 4. The van der Waals surface area contributed by atoms with E-state index in [2.05, 4.69) is 29.3 Å². The topological polar surface area (TPSA) is 51.0 Å². The van der Waals surface area contributed by atoms with Crippen LogP contribution in [0.3, 0.4) is 0 Å². The summed E-state index contributed by atoms with van der Waals surface area (Å²) in [5.74, 6) is 0.732. The number of pyridine rings is 1. The molecule has 0 aromatic carbocycles. The van der Waals surface area contributed by atoms with Gasteiger partial charge in [-0.2, -0.15) is 0 Å². The molecular formula is C13H16FN3O. The van der Waals surface area contributed by atoms with E-state index < -0.39 is 0 Å². The Balaban J connectivity index is 2.02. The first kappa shape index (κ1) is 12.7. The van der Waals surface area contributed by atoms with Crippen LogP contribution in [0.25, 0.3) is 11.3 Å². The summed E-state index contributed by atoms with van der Waals surface area (Å²) in [5, 5.41) is 7.20. The van der Waals surface area contributed by atoms with Gasteiger partial charge in [0.05, 0.1) is 11.9 Å². The van der Waals surface area contributed by atoms with E-state index in [1.807, 2.05) is 0 Å². The lowest BCUT2D eigenvalue weighted by Crippen LogP contribution is -2.18. The summed E-state index contributed by atoms with van der Waals surface area (Å²) in [6, 6.07) is 3.17. The molecule has 0 spiro atoms. The van der Waals surface area contributed by atoms with Crippen LogP contribution >= 0.6 is 0 Å². The maximum absolute atomic E-state index is 13.0.